The van der Waals surface area contributed by atoms with Crippen LogP contribution in [0.5, 0.6) is 0 Å². The van der Waals surface area contributed by atoms with Crippen LogP contribution >= 0.6 is 11.3 Å². The van der Waals surface area contributed by atoms with E-state index in [1.54, 1.807) is 21.7 Å². The maximum atomic E-state index is 12.2. The molecule has 2 rings (SSSR count). The fourth-order valence-corrected chi connectivity index (χ4v) is 2.62. The Kier molecular flexibility index (Phi) is 3.99. The van der Waals surface area contributed by atoms with Gasteiger partial charge in [0.1, 0.15) is 0 Å². The highest BCUT2D eigenvalue weighted by atomic mass is 32.1. The Morgan fingerprint density at radius 2 is 2.29 bits per heavy atom. The van der Waals surface area contributed by atoms with Crippen LogP contribution in [0.1, 0.15) is 25.5 Å². The number of hydrogen-bond donors (Lipinski definition) is 0. The summed E-state index contributed by atoms with van der Waals surface area (Å²) in [5.41, 5.74) is 2.77. The van der Waals surface area contributed by atoms with Gasteiger partial charge in [-0.05, 0) is 18.8 Å². The topological polar surface area (TPSA) is 36.4 Å². The minimum absolute atomic E-state index is 0.130. The fraction of sp³-hybridized carbons (Fsp3) is 0.667. The van der Waals surface area contributed by atoms with Crippen molar-refractivity contribution in [3.63, 3.8) is 0 Å². The van der Waals surface area contributed by atoms with Crippen LogP contribution in [0.25, 0.3) is 0 Å². The molecule has 1 aromatic heterocycles. The number of aromatic nitrogens is 1. The first-order valence-electron chi connectivity index (χ1n) is 6.04. The number of carbonyl (C=O) groups excluding carboxylic acids is 1. The summed E-state index contributed by atoms with van der Waals surface area (Å²) in [5.74, 6) is 0.753. The van der Waals surface area contributed by atoms with E-state index in [1.807, 2.05) is 17.3 Å². The summed E-state index contributed by atoms with van der Waals surface area (Å²) in [5, 5.41) is 1.99. The number of urea groups is 1. The first-order chi connectivity index (χ1) is 8.16. The molecule has 17 heavy (non-hydrogen) atoms. The van der Waals surface area contributed by atoms with Crippen molar-refractivity contribution >= 4 is 17.4 Å². The van der Waals surface area contributed by atoms with Crippen LogP contribution in [0.15, 0.2) is 10.9 Å². The molecule has 0 N–H and O–H groups in total. The van der Waals surface area contributed by atoms with Gasteiger partial charge in [-0.15, -0.1) is 11.3 Å². The summed E-state index contributed by atoms with van der Waals surface area (Å²) in [6, 6.07) is 0.130. The minimum Gasteiger partial charge on any atom is -0.325 e. The average Bonchev–Trinajstić information content (AvgIpc) is 2.82. The van der Waals surface area contributed by atoms with Gasteiger partial charge in [0.05, 0.1) is 17.7 Å². The van der Waals surface area contributed by atoms with Gasteiger partial charge in [0.25, 0.3) is 0 Å². The Bertz CT molecular complexity index is 358. The zero-order valence-corrected chi connectivity index (χ0v) is 11.2. The lowest BCUT2D eigenvalue weighted by atomic mass is 10.00. The van der Waals surface area contributed by atoms with Gasteiger partial charge in [-0.2, -0.15) is 0 Å². The van der Waals surface area contributed by atoms with Crippen LogP contribution in [-0.4, -0.2) is 41.0 Å². The molecule has 0 atom stereocenters. The van der Waals surface area contributed by atoms with Crippen molar-refractivity contribution in [3.8, 4) is 0 Å². The number of nitrogens with zero attached hydrogens (tertiary/aromatic N) is 3. The number of hydrogen-bond acceptors (Lipinski definition) is 3. The van der Waals surface area contributed by atoms with Crippen molar-refractivity contribution in [3.05, 3.63) is 16.6 Å². The first-order valence-corrected chi connectivity index (χ1v) is 6.98. The maximum Gasteiger partial charge on any atom is 0.320 e. The molecule has 0 bridgehead atoms. The second-order valence-corrected chi connectivity index (χ2v) is 5.51. The van der Waals surface area contributed by atoms with Gasteiger partial charge in [-0.25, -0.2) is 9.78 Å². The summed E-state index contributed by atoms with van der Waals surface area (Å²) in [6.07, 6.45) is 2.24. The zero-order chi connectivity index (χ0) is 12.3. The number of likely N-dealkylation sites (tertiary alicyclic amines) is 1. The number of carbonyl (C=O) groups is 1. The number of rotatable bonds is 2. The molecule has 0 aliphatic carbocycles. The van der Waals surface area contributed by atoms with Gasteiger partial charge in [-0.1, -0.05) is 6.92 Å². The van der Waals surface area contributed by atoms with E-state index in [9.17, 15) is 4.79 Å². The van der Waals surface area contributed by atoms with Crippen molar-refractivity contribution in [1.82, 2.24) is 14.8 Å². The van der Waals surface area contributed by atoms with Gasteiger partial charge >= 0.3 is 6.03 Å². The second-order valence-electron chi connectivity index (χ2n) is 4.79. The van der Waals surface area contributed by atoms with Crippen molar-refractivity contribution in [1.29, 1.82) is 0 Å². The van der Waals surface area contributed by atoms with E-state index in [1.165, 1.54) is 0 Å². The molecule has 0 radical (unpaired) electrons. The van der Waals surface area contributed by atoms with E-state index < -0.39 is 0 Å². The molecule has 1 aliphatic heterocycles. The van der Waals surface area contributed by atoms with Gasteiger partial charge < -0.3 is 9.80 Å². The Balaban J connectivity index is 1.86. The number of piperidine rings is 1. The van der Waals surface area contributed by atoms with Crippen LogP contribution < -0.4 is 0 Å². The van der Waals surface area contributed by atoms with Gasteiger partial charge in [0.2, 0.25) is 0 Å². The lowest BCUT2D eigenvalue weighted by Gasteiger charge is -2.33. The molecule has 0 spiro atoms. The van der Waals surface area contributed by atoms with E-state index in [0.29, 0.717) is 6.54 Å². The first kappa shape index (κ1) is 12.4. The summed E-state index contributed by atoms with van der Waals surface area (Å²) in [7, 11) is 1.85. The Morgan fingerprint density at radius 3 is 2.88 bits per heavy atom. The highest BCUT2D eigenvalue weighted by Crippen LogP contribution is 2.17. The van der Waals surface area contributed by atoms with Crippen molar-refractivity contribution in [2.24, 2.45) is 5.92 Å². The van der Waals surface area contributed by atoms with E-state index in [4.69, 9.17) is 0 Å². The smallest absolute Gasteiger partial charge is 0.320 e. The molecule has 4 nitrogen and oxygen atoms in total. The molecule has 2 amide bonds. The normalized spacial score (nSPS) is 17.2. The molecule has 1 fully saturated rings. The van der Waals surface area contributed by atoms with Crippen LogP contribution in [0.4, 0.5) is 4.79 Å². The third kappa shape index (κ3) is 3.19. The Labute approximate surface area is 106 Å². The molecule has 1 saturated heterocycles. The number of amides is 2. The largest absolute Gasteiger partial charge is 0.325 e. The predicted octanol–water partition coefficient (Wildman–Crippen LogP) is 2.43. The molecule has 1 aliphatic rings. The van der Waals surface area contributed by atoms with E-state index in [0.717, 1.165) is 37.5 Å². The summed E-state index contributed by atoms with van der Waals surface area (Å²) in [6.45, 7) is 4.64. The third-order valence-corrected chi connectivity index (χ3v) is 3.90. The molecular formula is C12H19N3OS. The fourth-order valence-electron chi connectivity index (χ4n) is 2.07. The van der Waals surface area contributed by atoms with E-state index in [-0.39, 0.29) is 6.03 Å². The maximum absolute atomic E-state index is 12.2. The standard InChI is InChI=1S/C12H19N3OS/c1-10-3-5-15(6-4-10)12(16)14(2)7-11-8-17-9-13-11/h8-10H,3-7H2,1-2H3. The number of thiazole rings is 1. The predicted molar refractivity (Wildman–Crippen MR) is 68.9 cm³/mol. The average molecular weight is 253 g/mol. The summed E-state index contributed by atoms with van der Waals surface area (Å²) in [4.78, 5) is 20.1. The lowest BCUT2D eigenvalue weighted by Crippen LogP contribution is -2.44. The summed E-state index contributed by atoms with van der Waals surface area (Å²) < 4.78 is 0. The van der Waals surface area contributed by atoms with Crippen molar-refractivity contribution < 1.29 is 4.79 Å². The molecule has 94 valence electrons. The summed E-state index contributed by atoms with van der Waals surface area (Å²) >= 11 is 1.57. The Morgan fingerprint density at radius 1 is 1.59 bits per heavy atom. The monoisotopic (exact) mass is 253 g/mol. The van der Waals surface area contributed by atoms with Gasteiger partial charge in [0.15, 0.2) is 0 Å². The van der Waals surface area contributed by atoms with Crippen LogP contribution in [0.2, 0.25) is 0 Å². The molecule has 1 aromatic rings. The highest BCUT2D eigenvalue weighted by Gasteiger charge is 2.22. The molecule has 5 heteroatoms. The van der Waals surface area contributed by atoms with Crippen LogP contribution in [-0.2, 0) is 6.54 Å². The van der Waals surface area contributed by atoms with Crippen molar-refractivity contribution in [2.45, 2.75) is 26.3 Å². The molecule has 2 heterocycles. The van der Waals surface area contributed by atoms with Crippen molar-refractivity contribution in [2.75, 3.05) is 20.1 Å². The molecule has 0 aromatic carbocycles. The lowest BCUT2D eigenvalue weighted by molar-refractivity contribution is 0.141. The molecule has 0 unspecified atom stereocenters. The highest BCUT2D eigenvalue weighted by molar-refractivity contribution is 7.07. The van der Waals surface area contributed by atoms with Crippen LogP contribution in [0, 0.1) is 5.92 Å². The molecule has 0 saturated carbocycles. The van der Waals surface area contributed by atoms with E-state index >= 15 is 0 Å². The quantitative estimate of drug-likeness (QED) is 0.811. The minimum atomic E-state index is 0.130. The van der Waals surface area contributed by atoms with Gasteiger partial charge in [0, 0.05) is 25.5 Å². The SMILES string of the molecule is CC1CCN(C(=O)N(C)Cc2cscn2)CC1. The second kappa shape index (κ2) is 5.49. The zero-order valence-electron chi connectivity index (χ0n) is 10.4. The van der Waals surface area contributed by atoms with Crippen LogP contribution in [0.3, 0.4) is 0 Å². The third-order valence-electron chi connectivity index (χ3n) is 3.26. The van der Waals surface area contributed by atoms with E-state index in [2.05, 4.69) is 11.9 Å². The van der Waals surface area contributed by atoms with Gasteiger partial charge in [-0.3, -0.25) is 0 Å². The molecular weight excluding hydrogens is 234 g/mol. The Hall–Kier alpha value is -1.10.